The van der Waals surface area contributed by atoms with Crippen molar-refractivity contribution in [1.29, 1.82) is 0 Å². The number of imidazole rings is 1. The highest BCUT2D eigenvalue weighted by molar-refractivity contribution is 5.58. The van der Waals surface area contributed by atoms with Gasteiger partial charge in [-0.05, 0) is 12.1 Å². The molecule has 0 saturated carbocycles. The second-order valence-electron chi connectivity index (χ2n) is 2.76. The van der Waals surface area contributed by atoms with Gasteiger partial charge in [0.15, 0.2) is 11.6 Å². The molecule has 0 spiro atoms. The average molecular weight is 192 g/mol. The zero-order chi connectivity index (χ0) is 9.97. The number of nitrogens with one attached hydrogen (secondary N) is 1. The van der Waals surface area contributed by atoms with Crippen LogP contribution in [0.3, 0.4) is 0 Å². The highest BCUT2D eigenvalue weighted by atomic mass is 19.1. The Morgan fingerprint density at radius 1 is 1.43 bits per heavy atom. The fourth-order valence-electron chi connectivity index (χ4n) is 1.26. The van der Waals surface area contributed by atoms with Crippen LogP contribution in [0, 0.1) is 5.82 Å². The van der Waals surface area contributed by atoms with Crippen molar-refractivity contribution in [2.75, 3.05) is 7.11 Å². The molecule has 0 saturated heterocycles. The van der Waals surface area contributed by atoms with E-state index in [2.05, 4.69) is 9.97 Å². The van der Waals surface area contributed by atoms with Crippen LogP contribution in [0.5, 0.6) is 5.75 Å². The fraction of sp³-hybridized carbons (Fsp3) is 0.100. The Bertz CT molecular complexity index is 426. The van der Waals surface area contributed by atoms with Gasteiger partial charge in [-0.1, -0.05) is 6.07 Å². The zero-order valence-electron chi connectivity index (χ0n) is 7.62. The number of benzene rings is 1. The lowest BCUT2D eigenvalue weighted by Crippen LogP contribution is -1.91. The summed E-state index contributed by atoms with van der Waals surface area (Å²) in [7, 11) is 1.43. The first-order valence-electron chi connectivity index (χ1n) is 4.15. The molecule has 1 aromatic carbocycles. The summed E-state index contributed by atoms with van der Waals surface area (Å²) in [6.45, 7) is 0. The Labute approximate surface area is 80.6 Å². The highest BCUT2D eigenvalue weighted by Gasteiger charge is 2.11. The number of rotatable bonds is 2. The molecule has 1 aromatic heterocycles. The van der Waals surface area contributed by atoms with E-state index in [-0.39, 0.29) is 5.75 Å². The molecule has 4 heteroatoms. The SMILES string of the molecule is COc1cccc(-c2ncc[nH]2)c1F. The van der Waals surface area contributed by atoms with Gasteiger partial charge >= 0.3 is 0 Å². The number of hydrogen-bond acceptors (Lipinski definition) is 2. The summed E-state index contributed by atoms with van der Waals surface area (Å²) in [4.78, 5) is 6.81. The van der Waals surface area contributed by atoms with E-state index < -0.39 is 5.82 Å². The maximum Gasteiger partial charge on any atom is 0.175 e. The summed E-state index contributed by atoms with van der Waals surface area (Å²) in [5, 5.41) is 0. The number of ether oxygens (including phenoxy) is 1. The van der Waals surface area contributed by atoms with Crippen LogP contribution in [0.25, 0.3) is 11.4 Å². The summed E-state index contributed by atoms with van der Waals surface area (Å²) in [6, 6.07) is 4.94. The van der Waals surface area contributed by atoms with Gasteiger partial charge in [0.1, 0.15) is 5.82 Å². The Kier molecular flexibility index (Phi) is 2.18. The molecule has 0 aliphatic carbocycles. The molecule has 0 amide bonds. The molecule has 0 bridgehead atoms. The van der Waals surface area contributed by atoms with Crippen molar-refractivity contribution in [2.24, 2.45) is 0 Å². The summed E-state index contributed by atoms with van der Waals surface area (Å²) in [6.07, 6.45) is 3.22. The minimum absolute atomic E-state index is 0.221. The number of aromatic nitrogens is 2. The van der Waals surface area contributed by atoms with Gasteiger partial charge in [-0.2, -0.15) is 0 Å². The Balaban J connectivity index is 2.54. The molecule has 1 N–H and O–H groups in total. The van der Waals surface area contributed by atoms with Crippen molar-refractivity contribution < 1.29 is 9.13 Å². The highest BCUT2D eigenvalue weighted by Crippen LogP contribution is 2.26. The summed E-state index contributed by atoms with van der Waals surface area (Å²) in [5.41, 5.74) is 0.411. The van der Waals surface area contributed by atoms with Gasteiger partial charge in [0.25, 0.3) is 0 Å². The lowest BCUT2D eigenvalue weighted by atomic mass is 10.2. The molecule has 2 rings (SSSR count). The number of methoxy groups -OCH3 is 1. The zero-order valence-corrected chi connectivity index (χ0v) is 7.62. The van der Waals surface area contributed by atoms with E-state index in [0.717, 1.165) is 0 Å². The lowest BCUT2D eigenvalue weighted by Gasteiger charge is -2.04. The van der Waals surface area contributed by atoms with Crippen LogP contribution < -0.4 is 4.74 Å². The molecule has 72 valence electrons. The van der Waals surface area contributed by atoms with Gasteiger partial charge in [0.05, 0.1) is 12.7 Å². The third-order valence-corrected chi connectivity index (χ3v) is 1.94. The van der Waals surface area contributed by atoms with Gasteiger partial charge in [-0.25, -0.2) is 9.37 Å². The standard InChI is InChI=1S/C10H9FN2O/c1-14-8-4-2-3-7(9(8)11)10-12-5-6-13-10/h2-6H,1H3,(H,12,13). The van der Waals surface area contributed by atoms with Crippen LogP contribution in [0.2, 0.25) is 0 Å². The number of aromatic amines is 1. The van der Waals surface area contributed by atoms with Crippen LogP contribution in [0.4, 0.5) is 4.39 Å². The molecular weight excluding hydrogens is 183 g/mol. The predicted molar refractivity (Wildman–Crippen MR) is 50.5 cm³/mol. The first-order chi connectivity index (χ1) is 6.83. The van der Waals surface area contributed by atoms with E-state index >= 15 is 0 Å². The predicted octanol–water partition coefficient (Wildman–Crippen LogP) is 2.22. The van der Waals surface area contributed by atoms with Crippen molar-refractivity contribution in [3.63, 3.8) is 0 Å². The quantitative estimate of drug-likeness (QED) is 0.792. The molecule has 2 aromatic rings. The van der Waals surface area contributed by atoms with Crippen LogP contribution in [0.1, 0.15) is 0 Å². The van der Waals surface area contributed by atoms with Crippen LogP contribution in [0.15, 0.2) is 30.6 Å². The molecule has 0 aliphatic rings. The maximum absolute atomic E-state index is 13.7. The average Bonchev–Trinajstić information content (AvgIpc) is 2.71. The molecule has 0 aliphatic heterocycles. The smallest absolute Gasteiger partial charge is 0.175 e. The Hall–Kier alpha value is -1.84. The van der Waals surface area contributed by atoms with Crippen molar-refractivity contribution in [1.82, 2.24) is 9.97 Å². The molecule has 3 nitrogen and oxygen atoms in total. The molecule has 0 radical (unpaired) electrons. The molecular formula is C10H9FN2O. The van der Waals surface area contributed by atoms with Gasteiger partial charge < -0.3 is 9.72 Å². The maximum atomic E-state index is 13.7. The largest absolute Gasteiger partial charge is 0.494 e. The Morgan fingerprint density at radius 3 is 2.93 bits per heavy atom. The van der Waals surface area contributed by atoms with Gasteiger partial charge in [-0.15, -0.1) is 0 Å². The number of hydrogen-bond donors (Lipinski definition) is 1. The van der Waals surface area contributed by atoms with Crippen molar-refractivity contribution >= 4 is 0 Å². The van der Waals surface area contributed by atoms with Crippen molar-refractivity contribution in [2.45, 2.75) is 0 Å². The van der Waals surface area contributed by atoms with Gasteiger partial charge in [0, 0.05) is 12.4 Å². The van der Waals surface area contributed by atoms with Gasteiger partial charge in [-0.3, -0.25) is 0 Å². The minimum Gasteiger partial charge on any atom is -0.494 e. The summed E-state index contributed by atoms with van der Waals surface area (Å²) < 4.78 is 18.5. The number of nitrogens with zero attached hydrogens (tertiary/aromatic N) is 1. The van der Waals surface area contributed by atoms with Crippen molar-refractivity contribution in [3.05, 3.63) is 36.4 Å². The third-order valence-electron chi connectivity index (χ3n) is 1.94. The molecule has 0 fully saturated rings. The minimum atomic E-state index is -0.398. The van der Waals surface area contributed by atoms with E-state index in [9.17, 15) is 4.39 Å². The Morgan fingerprint density at radius 2 is 2.29 bits per heavy atom. The second kappa shape index (κ2) is 3.49. The van der Waals surface area contributed by atoms with Crippen molar-refractivity contribution in [3.8, 4) is 17.1 Å². The normalized spacial score (nSPS) is 10.1. The monoisotopic (exact) mass is 192 g/mol. The van der Waals surface area contributed by atoms with E-state index in [1.54, 1.807) is 30.6 Å². The first-order valence-corrected chi connectivity index (χ1v) is 4.15. The van der Waals surface area contributed by atoms with E-state index in [0.29, 0.717) is 11.4 Å². The molecule has 0 unspecified atom stereocenters. The number of H-pyrrole nitrogens is 1. The lowest BCUT2D eigenvalue weighted by molar-refractivity contribution is 0.387. The molecule has 14 heavy (non-hydrogen) atoms. The van der Waals surface area contributed by atoms with Crippen LogP contribution in [-0.4, -0.2) is 17.1 Å². The molecule has 1 heterocycles. The van der Waals surface area contributed by atoms with E-state index in [1.165, 1.54) is 7.11 Å². The van der Waals surface area contributed by atoms with Gasteiger partial charge in [0.2, 0.25) is 0 Å². The first kappa shape index (κ1) is 8.74. The fourth-order valence-corrected chi connectivity index (χ4v) is 1.26. The summed E-state index contributed by atoms with van der Waals surface area (Å²) >= 11 is 0. The second-order valence-corrected chi connectivity index (χ2v) is 2.76. The van der Waals surface area contributed by atoms with Crippen LogP contribution in [-0.2, 0) is 0 Å². The summed E-state index contributed by atoms with van der Waals surface area (Å²) in [5.74, 6) is 0.324. The van der Waals surface area contributed by atoms with E-state index in [1.807, 2.05) is 0 Å². The van der Waals surface area contributed by atoms with E-state index in [4.69, 9.17) is 4.74 Å². The number of halogens is 1. The third kappa shape index (κ3) is 1.35. The van der Waals surface area contributed by atoms with Crippen LogP contribution >= 0.6 is 0 Å². The topological polar surface area (TPSA) is 37.9 Å². The molecule has 0 atom stereocenters.